The van der Waals surface area contributed by atoms with Crippen molar-refractivity contribution in [2.75, 3.05) is 4.90 Å². The van der Waals surface area contributed by atoms with Gasteiger partial charge in [-0.05, 0) is 54.0 Å². The maximum atomic E-state index is 13.4. The van der Waals surface area contributed by atoms with Crippen LogP contribution in [0.5, 0.6) is 0 Å². The van der Waals surface area contributed by atoms with Gasteiger partial charge in [-0.15, -0.1) is 0 Å². The van der Waals surface area contributed by atoms with Crippen molar-refractivity contribution in [3.63, 3.8) is 0 Å². The van der Waals surface area contributed by atoms with Crippen molar-refractivity contribution in [3.8, 4) is 0 Å². The van der Waals surface area contributed by atoms with Gasteiger partial charge in [0.05, 0.1) is 23.0 Å². The molecular weight excluding hydrogens is 376 g/mol. The quantitative estimate of drug-likeness (QED) is 0.672. The molecule has 6 rings (SSSR count). The van der Waals surface area contributed by atoms with E-state index in [-0.39, 0.29) is 41.0 Å². The average Bonchev–Trinajstić information content (AvgIpc) is 3.39. The van der Waals surface area contributed by atoms with Crippen LogP contribution >= 0.6 is 0 Å². The van der Waals surface area contributed by atoms with E-state index in [1.807, 2.05) is 31.2 Å². The SMILES string of the molecule is Cc1cc(=O)[nH]c2cc(N3C(=O)[C@@H]4[C@H](C3=O)[C@@H]3C=C(c5ccccc5)[C@H]4C3)ccc12. The van der Waals surface area contributed by atoms with E-state index >= 15 is 0 Å². The smallest absolute Gasteiger partial charge is 0.248 e. The number of hydrogen-bond donors (Lipinski definition) is 1. The number of aromatic amines is 1. The lowest BCUT2D eigenvalue weighted by Crippen LogP contribution is -2.33. The van der Waals surface area contributed by atoms with E-state index in [2.05, 4.69) is 23.2 Å². The summed E-state index contributed by atoms with van der Waals surface area (Å²) in [5.74, 6) is -0.605. The van der Waals surface area contributed by atoms with Gasteiger partial charge in [-0.2, -0.15) is 0 Å². The Hall–Kier alpha value is -3.47. The lowest BCUT2D eigenvalue weighted by molar-refractivity contribution is -0.123. The van der Waals surface area contributed by atoms with Crippen LogP contribution in [0.4, 0.5) is 5.69 Å². The third-order valence-electron chi connectivity index (χ3n) is 7.01. The molecule has 0 spiro atoms. The minimum atomic E-state index is -0.296. The maximum Gasteiger partial charge on any atom is 0.248 e. The Balaban J connectivity index is 1.40. The van der Waals surface area contributed by atoms with E-state index in [9.17, 15) is 14.4 Å². The number of fused-ring (bicyclic) bond motifs is 6. The molecule has 0 radical (unpaired) electrons. The van der Waals surface area contributed by atoms with Gasteiger partial charge in [0.1, 0.15) is 0 Å². The molecule has 0 unspecified atom stereocenters. The molecule has 2 aromatic carbocycles. The van der Waals surface area contributed by atoms with Crippen LogP contribution < -0.4 is 10.5 Å². The van der Waals surface area contributed by atoms with E-state index in [1.165, 1.54) is 10.5 Å². The first-order chi connectivity index (χ1) is 14.5. The summed E-state index contributed by atoms with van der Waals surface area (Å²) in [6.45, 7) is 1.88. The summed E-state index contributed by atoms with van der Waals surface area (Å²) in [6, 6.07) is 17.1. The van der Waals surface area contributed by atoms with Crippen LogP contribution in [0.3, 0.4) is 0 Å². The van der Waals surface area contributed by atoms with Crippen molar-refractivity contribution in [2.24, 2.45) is 23.7 Å². The van der Waals surface area contributed by atoms with Crippen molar-refractivity contribution >= 4 is 34.0 Å². The number of pyridine rings is 1. The van der Waals surface area contributed by atoms with E-state index in [0.717, 1.165) is 22.9 Å². The molecule has 148 valence electrons. The number of allylic oxidation sites excluding steroid dienone is 2. The van der Waals surface area contributed by atoms with E-state index in [4.69, 9.17) is 0 Å². The first-order valence-corrected chi connectivity index (χ1v) is 10.3. The first-order valence-electron chi connectivity index (χ1n) is 10.3. The van der Waals surface area contributed by atoms with Gasteiger partial charge in [0.15, 0.2) is 0 Å². The predicted octanol–water partition coefficient (Wildman–Crippen LogP) is 3.68. The Labute approximate surface area is 173 Å². The van der Waals surface area contributed by atoms with E-state index < -0.39 is 0 Å². The number of imide groups is 1. The number of carbonyl (C=O) groups is 2. The standard InChI is InChI=1S/C25H20N2O3/c1-13-9-21(28)26-20-12-16(7-8-17(13)20)27-24(29)22-15-10-18(14-5-3-2-4-6-14)19(11-15)23(22)25(27)30/h2-10,12,15,19,22-23H,11H2,1H3,(H,26,28)/t15-,19-,22-,23+/m1/s1. The molecular formula is C25H20N2O3. The summed E-state index contributed by atoms with van der Waals surface area (Å²) in [7, 11) is 0. The van der Waals surface area contributed by atoms with Crippen molar-refractivity contribution < 1.29 is 9.59 Å². The molecule has 2 fully saturated rings. The highest BCUT2D eigenvalue weighted by atomic mass is 16.2. The zero-order valence-electron chi connectivity index (χ0n) is 16.5. The molecule has 3 aliphatic rings. The number of aromatic nitrogens is 1. The molecule has 5 nitrogen and oxygen atoms in total. The number of nitrogens with one attached hydrogen (secondary N) is 1. The van der Waals surface area contributed by atoms with Gasteiger partial charge in [-0.3, -0.25) is 14.4 Å². The number of benzene rings is 2. The zero-order valence-corrected chi connectivity index (χ0v) is 16.5. The second-order valence-corrected chi connectivity index (χ2v) is 8.60. The van der Waals surface area contributed by atoms with Gasteiger partial charge in [-0.25, -0.2) is 4.90 Å². The summed E-state index contributed by atoms with van der Waals surface area (Å²) < 4.78 is 0. The number of H-pyrrole nitrogens is 1. The minimum absolute atomic E-state index is 0.0892. The predicted molar refractivity (Wildman–Crippen MR) is 115 cm³/mol. The van der Waals surface area contributed by atoms with Crippen LogP contribution in [0, 0.1) is 30.6 Å². The van der Waals surface area contributed by atoms with Gasteiger partial charge in [0, 0.05) is 11.5 Å². The number of nitrogens with zero attached hydrogens (tertiary/aromatic N) is 1. The van der Waals surface area contributed by atoms with Gasteiger partial charge in [0.25, 0.3) is 0 Å². The third kappa shape index (κ3) is 2.26. The Bertz CT molecular complexity index is 1320. The summed E-state index contributed by atoms with van der Waals surface area (Å²) in [4.78, 5) is 42.8. The Morgan fingerprint density at radius 1 is 0.933 bits per heavy atom. The van der Waals surface area contributed by atoms with Crippen LogP contribution in [-0.2, 0) is 9.59 Å². The second kappa shape index (κ2) is 6.02. The molecule has 1 N–H and O–H groups in total. The van der Waals surface area contributed by atoms with Gasteiger partial charge < -0.3 is 4.98 Å². The van der Waals surface area contributed by atoms with Crippen molar-refractivity contribution in [2.45, 2.75) is 13.3 Å². The number of carbonyl (C=O) groups excluding carboxylic acids is 2. The Kier molecular flexibility index (Phi) is 3.49. The fourth-order valence-corrected chi connectivity index (χ4v) is 5.78. The molecule has 1 saturated carbocycles. The highest BCUT2D eigenvalue weighted by Crippen LogP contribution is 2.58. The van der Waals surface area contributed by atoms with Crippen LogP contribution in [0.2, 0.25) is 0 Å². The molecule has 5 heteroatoms. The molecule has 1 saturated heterocycles. The third-order valence-corrected chi connectivity index (χ3v) is 7.01. The molecule has 2 aliphatic carbocycles. The zero-order chi connectivity index (χ0) is 20.6. The maximum absolute atomic E-state index is 13.4. The second-order valence-electron chi connectivity index (χ2n) is 8.60. The minimum Gasteiger partial charge on any atom is -0.322 e. The van der Waals surface area contributed by atoms with Crippen molar-refractivity contribution in [1.29, 1.82) is 0 Å². The number of amides is 2. The molecule has 1 aromatic heterocycles. The van der Waals surface area contributed by atoms with Crippen LogP contribution in [0.1, 0.15) is 17.5 Å². The summed E-state index contributed by atoms with van der Waals surface area (Å²) in [6.07, 6.45) is 3.08. The molecule has 1 aliphatic heterocycles. The van der Waals surface area contributed by atoms with Crippen LogP contribution in [0.25, 0.3) is 16.5 Å². The fourth-order valence-electron chi connectivity index (χ4n) is 5.78. The topological polar surface area (TPSA) is 70.2 Å². The van der Waals surface area contributed by atoms with E-state index in [1.54, 1.807) is 18.2 Å². The highest BCUT2D eigenvalue weighted by Gasteiger charge is 2.61. The molecule has 2 heterocycles. The first kappa shape index (κ1) is 17.4. The lowest BCUT2D eigenvalue weighted by Gasteiger charge is -2.22. The van der Waals surface area contributed by atoms with Crippen molar-refractivity contribution in [1.82, 2.24) is 4.98 Å². The van der Waals surface area contributed by atoms with Crippen LogP contribution in [-0.4, -0.2) is 16.8 Å². The number of rotatable bonds is 2. The molecule has 2 bridgehead atoms. The number of hydrogen-bond acceptors (Lipinski definition) is 3. The van der Waals surface area contributed by atoms with Crippen LogP contribution in [0.15, 0.2) is 65.5 Å². The molecule has 30 heavy (non-hydrogen) atoms. The van der Waals surface area contributed by atoms with Crippen molar-refractivity contribution in [3.05, 3.63) is 82.2 Å². The summed E-state index contributed by atoms with van der Waals surface area (Å²) in [5, 5.41) is 0.908. The summed E-state index contributed by atoms with van der Waals surface area (Å²) >= 11 is 0. The monoisotopic (exact) mass is 396 g/mol. The number of anilines is 1. The van der Waals surface area contributed by atoms with Gasteiger partial charge in [-0.1, -0.05) is 42.5 Å². The summed E-state index contributed by atoms with van der Waals surface area (Å²) in [5.41, 5.74) is 4.19. The number of aryl methyl sites for hydroxylation is 1. The lowest BCUT2D eigenvalue weighted by atomic mass is 9.79. The molecule has 2 amide bonds. The molecule has 4 atom stereocenters. The fraction of sp³-hybridized carbons (Fsp3) is 0.240. The van der Waals surface area contributed by atoms with E-state index in [0.29, 0.717) is 11.2 Å². The average molecular weight is 396 g/mol. The van der Waals surface area contributed by atoms with Gasteiger partial charge in [0.2, 0.25) is 17.4 Å². The highest BCUT2D eigenvalue weighted by molar-refractivity contribution is 6.23. The van der Waals surface area contributed by atoms with Gasteiger partial charge >= 0.3 is 0 Å². The largest absolute Gasteiger partial charge is 0.322 e. The Morgan fingerprint density at radius 3 is 2.50 bits per heavy atom. The Morgan fingerprint density at radius 2 is 1.70 bits per heavy atom. The molecule has 3 aromatic rings. The normalized spacial score (nSPS) is 27.1.